The zero-order chi connectivity index (χ0) is 15.4. The third-order valence-electron chi connectivity index (χ3n) is 4.12. The van der Waals surface area contributed by atoms with Crippen LogP contribution in [0.1, 0.15) is 6.92 Å². The van der Waals surface area contributed by atoms with Crippen LogP contribution in [0.15, 0.2) is 36.5 Å². The third kappa shape index (κ3) is 3.17. The molecule has 0 radical (unpaired) electrons. The lowest BCUT2D eigenvalue weighted by atomic mass is 10.3. The molecule has 6 nitrogen and oxygen atoms in total. The van der Waals surface area contributed by atoms with Gasteiger partial charge in [-0.25, -0.2) is 0 Å². The number of anilines is 3. The maximum atomic E-state index is 4.68. The Morgan fingerprint density at radius 2 is 1.82 bits per heavy atom. The van der Waals surface area contributed by atoms with Gasteiger partial charge in [-0.1, -0.05) is 25.1 Å². The van der Waals surface area contributed by atoms with Crippen LogP contribution in [0.25, 0.3) is 0 Å². The molecule has 1 saturated heterocycles. The summed E-state index contributed by atoms with van der Waals surface area (Å²) in [6, 6.07) is 10.2. The van der Waals surface area contributed by atoms with Crippen molar-refractivity contribution in [3.63, 3.8) is 0 Å². The van der Waals surface area contributed by atoms with Crippen molar-refractivity contribution in [2.24, 2.45) is 0 Å². The molecule has 1 aromatic heterocycles. The summed E-state index contributed by atoms with van der Waals surface area (Å²) in [6.45, 7) is 7.31. The van der Waals surface area contributed by atoms with Gasteiger partial charge in [0.05, 0.1) is 6.20 Å². The maximum absolute atomic E-state index is 4.68. The van der Waals surface area contributed by atoms with E-state index in [0.29, 0.717) is 0 Å². The summed E-state index contributed by atoms with van der Waals surface area (Å²) in [5.41, 5.74) is 1.09. The lowest BCUT2D eigenvalue weighted by molar-refractivity contribution is 0.269. The molecule has 0 unspecified atom stereocenters. The first kappa shape index (κ1) is 14.7. The first-order valence-electron chi connectivity index (χ1n) is 7.73. The number of rotatable bonds is 4. The zero-order valence-corrected chi connectivity index (χ0v) is 13.2. The van der Waals surface area contributed by atoms with Gasteiger partial charge in [-0.05, 0) is 18.7 Å². The van der Waals surface area contributed by atoms with Crippen LogP contribution in [-0.4, -0.2) is 59.9 Å². The average Bonchev–Trinajstić information content (AvgIpc) is 2.62. The van der Waals surface area contributed by atoms with Gasteiger partial charge >= 0.3 is 0 Å². The Labute approximate surface area is 131 Å². The average molecular weight is 298 g/mol. The van der Waals surface area contributed by atoms with E-state index in [1.165, 1.54) is 0 Å². The summed E-state index contributed by atoms with van der Waals surface area (Å²) in [5, 5.41) is 8.35. The number of para-hydroxylation sites is 1. The van der Waals surface area contributed by atoms with Gasteiger partial charge < -0.3 is 14.7 Å². The van der Waals surface area contributed by atoms with E-state index in [1.807, 2.05) is 30.1 Å². The number of nitrogens with zero attached hydrogens (tertiary/aromatic N) is 6. The van der Waals surface area contributed by atoms with E-state index in [1.54, 1.807) is 6.20 Å². The van der Waals surface area contributed by atoms with Crippen LogP contribution in [0, 0.1) is 0 Å². The predicted molar refractivity (Wildman–Crippen MR) is 88.7 cm³/mol. The van der Waals surface area contributed by atoms with Gasteiger partial charge in [-0.3, -0.25) is 0 Å². The van der Waals surface area contributed by atoms with E-state index in [9.17, 15) is 0 Å². The topological polar surface area (TPSA) is 48.4 Å². The lowest BCUT2D eigenvalue weighted by Gasteiger charge is -2.34. The van der Waals surface area contributed by atoms with Crippen LogP contribution >= 0.6 is 0 Å². The minimum atomic E-state index is 0.719. The summed E-state index contributed by atoms with van der Waals surface area (Å²) >= 11 is 0. The van der Waals surface area contributed by atoms with Gasteiger partial charge in [0.15, 0.2) is 5.82 Å². The quantitative estimate of drug-likeness (QED) is 0.857. The van der Waals surface area contributed by atoms with Crippen molar-refractivity contribution >= 4 is 17.5 Å². The smallest absolute Gasteiger partial charge is 0.247 e. The molecule has 3 rings (SSSR count). The van der Waals surface area contributed by atoms with Crippen LogP contribution < -0.4 is 9.80 Å². The molecule has 0 N–H and O–H groups in total. The Hall–Kier alpha value is -2.21. The maximum Gasteiger partial charge on any atom is 0.247 e. The number of hydrogen-bond donors (Lipinski definition) is 0. The van der Waals surface area contributed by atoms with Crippen LogP contribution in [0.5, 0.6) is 0 Å². The van der Waals surface area contributed by atoms with Crippen molar-refractivity contribution < 1.29 is 0 Å². The highest BCUT2D eigenvalue weighted by Crippen LogP contribution is 2.21. The number of aromatic nitrogens is 3. The van der Waals surface area contributed by atoms with Crippen LogP contribution in [0.4, 0.5) is 17.5 Å². The molecule has 22 heavy (non-hydrogen) atoms. The molecule has 2 heterocycles. The summed E-state index contributed by atoms with van der Waals surface area (Å²) in [4.78, 5) is 11.4. The molecule has 2 aromatic rings. The number of hydrogen-bond acceptors (Lipinski definition) is 6. The van der Waals surface area contributed by atoms with Gasteiger partial charge in [0.25, 0.3) is 0 Å². The standard InChI is InChI=1S/C16H22N6/c1-3-21-9-11-22(12-10-21)16-18-15(13-17-19-16)20(2)14-7-5-4-6-8-14/h4-8,13H,3,9-12H2,1-2H3. The van der Waals surface area contributed by atoms with Gasteiger partial charge in [-0.2, -0.15) is 10.1 Å². The van der Waals surface area contributed by atoms with Gasteiger partial charge in [0.1, 0.15) is 0 Å². The fourth-order valence-corrected chi connectivity index (χ4v) is 2.63. The van der Waals surface area contributed by atoms with E-state index in [2.05, 4.69) is 44.0 Å². The van der Waals surface area contributed by atoms with Crippen molar-refractivity contribution in [1.82, 2.24) is 20.1 Å². The van der Waals surface area contributed by atoms with E-state index in [-0.39, 0.29) is 0 Å². The minimum absolute atomic E-state index is 0.719. The Morgan fingerprint density at radius 1 is 1.09 bits per heavy atom. The van der Waals surface area contributed by atoms with Crippen molar-refractivity contribution in [2.75, 3.05) is 49.6 Å². The van der Waals surface area contributed by atoms with E-state index in [0.717, 1.165) is 50.2 Å². The molecule has 0 aliphatic carbocycles. The molecule has 0 spiro atoms. The van der Waals surface area contributed by atoms with Crippen LogP contribution in [0.2, 0.25) is 0 Å². The van der Waals surface area contributed by atoms with Crippen LogP contribution in [0.3, 0.4) is 0 Å². The second-order valence-corrected chi connectivity index (χ2v) is 5.43. The summed E-state index contributed by atoms with van der Waals surface area (Å²) in [5.74, 6) is 1.53. The zero-order valence-electron chi connectivity index (χ0n) is 13.2. The molecule has 1 aromatic carbocycles. The fourth-order valence-electron chi connectivity index (χ4n) is 2.63. The van der Waals surface area contributed by atoms with Crippen molar-refractivity contribution in [3.05, 3.63) is 36.5 Å². The molecule has 1 aliphatic rings. The summed E-state index contributed by atoms with van der Waals surface area (Å²) < 4.78 is 0. The first-order valence-corrected chi connectivity index (χ1v) is 7.73. The van der Waals surface area contributed by atoms with Crippen molar-refractivity contribution in [1.29, 1.82) is 0 Å². The Bertz CT molecular complexity index is 595. The highest BCUT2D eigenvalue weighted by Gasteiger charge is 2.19. The molecule has 0 atom stereocenters. The molecule has 1 fully saturated rings. The van der Waals surface area contributed by atoms with E-state index in [4.69, 9.17) is 0 Å². The first-order chi connectivity index (χ1) is 10.8. The van der Waals surface area contributed by atoms with Crippen molar-refractivity contribution in [2.45, 2.75) is 6.92 Å². The fraction of sp³-hybridized carbons (Fsp3) is 0.438. The highest BCUT2D eigenvalue weighted by molar-refractivity contribution is 5.58. The van der Waals surface area contributed by atoms with Gasteiger partial charge in [0.2, 0.25) is 5.95 Å². The Morgan fingerprint density at radius 3 is 2.50 bits per heavy atom. The van der Waals surface area contributed by atoms with E-state index < -0.39 is 0 Å². The minimum Gasteiger partial charge on any atom is -0.337 e. The summed E-state index contributed by atoms with van der Waals surface area (Å²) in [7, 11) is 2.00. The third-order valence-corrected chi connectivity index (χ3v) is 4.12. The number of piperazine rings is 1. The van der Waals surface area contributed by atoms with E-state index >= 15 is 0 Å². The van der Waals surface area contributed by atoms with Crippen molar-refractivity contribution in [3.8, 4) is 0 Å². The lowest BCUT2D eigenvalue weighted by Crippen LogP contribution is -2.46. The molecule has 1 aliphatic heterocycles. The molecular formula is C16H22N6. The summed E-state index contributed by atoms with van der Waals surface area (Å²) in [6.07, 6.45) is 1.71. The highest BCUT2D eigenvalue weighted by atomic mass is 15.4. The largest absolute Gasteiger partial charge is 0.337 e. The number of likely N-dealkylation sites (N-methyl/N-ethyl adjacent to an activating group) is 1. The second-order valence-electron chi connectivity index (χ2n) is 5.43. The number of benzene rings is 1. The van der Waals surface area contributed by atoms with Gasteiger partial charge in [0, 0.05) is 38.9 Å². The Kier molecular flexibility index (Phi) is 4.48. The second kappa shape index (κ2) is 6.70. The normalized spacial score (nSPS) is 15.8. The molecular weight excluding hydrogens is 276 g/mol. The predicted octanol–water partition coefficient (Wildman–Crippen LogP) is 1.78. The monoisotopic (exact) mass is 298 g/mol. The molecule has 0 saturated carbocycles. The molecule has 116 valence electrons. The molecule has 0 amide bonds. The SMILES string of the molecule is CCN1CCN(c2nncc(N(C)c3ccccc3)n2)CC1. The molecule has 6 heteroatoms. The van der Waals surface area contributed by atoms with Crippen LogP contribution in [-0.2, 0) is 0 Å². The Balaban J connectivity index is 1.76. The van der Waals surface area contributed by atoms with Gasteiger partial charge in [-0.15, -0.1) is 5.10 Å². The molecule has 0 bridgehead atoms.